The van der Waals surface area contributed by atoms with E-state index >= 15 is 0 Å². The van der Waals surface area contributed by atoms with Gasteiger partial charge in [-0.1, -0.05) is 79.7 Å². The molecule has 418 valence electrons. The van der Waals surface area contributed by atoms with Crippen molar-refractivity contribution in [2.75, 3.05) is 19.6 Å². The molecule has 0 unspecified atom stereocenters. The van der Waals surface area contributed by atoms with Crippen molar-refractivity contribution in [3.63, 3.8) is 0 Å². The van der Waals surface area contributed by atoms with Gasteiger partial charge in [-0.15, -0.1) is 0 Å². The minimum absolute atomic E-state index is 0.640. The number of benzene rings is 4. The summed E-state index contributed by atoms with van der Waals surface area (Å²) in [6.07, 6.45) is 33.1. The van der Waals surface area contributed by atoms with Gasteiger partial charge in [0, 0.05) is 126 Å². The quantitative estimate of drug-likeness (QED) is 0.0648. The van der Waals surface area contributed by atoms with Crippen LogP contribution in [0.3, 0.4) is 0 Å². The number of aryl methyl sites for hydroxylation is 8. The van der Waals surface area contributed by atoms with Gasteiger partial charge in [-0.05, 0) is 63.5 Å². The Morgan fingerprint density at radius 1 is 0.238 bits per heavy atom. The van der Waals surface area contributed by atoms with E-state index in [2.05, 4.69) is 151 Å². The van der Waals surface area contributed by atoms with Crippen molar-refractivity contribution in [2.24, 2.45) is 0 Å². The van der Waals surface area contributed by atoms with Crippen LogP contribution in [0.15, 0.2) is 137 Å². The Bertz CT molecular complexity index is 3610. The zero-order chi connectivity index (χ0) is 57.8. The first-order valence-electron chi connectivity index (χ1n) is 28.7. The number of hydrogen-bond donors (Lipinski definition) is 0. The molecule has 20 nitrogen and oxygen atoms in total. The lowest BCUT2D eigenvalue weighted by Crippen LogP contribution is -2.21. The summed E-state index contributed by atoms with van der Waals surface area (Å²) in [7, 11) is 0. The van der Waals surface area contributed by atoms with E-state index < -0.39 is 0 Å². The molecule has 12 aromatic rings. The molecule has 0 radical (unpaired) electrons. The second-order valence-electron chi connectivity index (χ2n) is 20.0. The molecule has 12 rings (SSSR count). The fraction of sp³-hybridized carbons (Fsp3) is 0.250. The fourth-order valence-electron chi connectivity index (χ4n) is 11.4. The predicted molar refractivity (Wildman–Crippen MR) is 329 cm³/mol. The third kappa shape index (κ3) is 9.38. The Balaban J connectivity index is 1.36. The van der Waals surface area contributed by atoms with Gasteiger partial charge >= 0.3 is 0 Å². The summed E-state index contributed by atoms with van der Waals surface area (Å²) in [6, 6.07) is 13.4. The van der Waals surface area contributed by atoms with E-state index in [0.29, 0.717) is 97.9 Å². The zero-order valence-corrected chi connectivity index (χ0v) is 48.3. The predicted octanol–water partition coefficient (Wildman–Crippen LogP) is 13.3. The SMILES string of the molecule is CCc1cncnc1N(c1ncncc1CC)c1cc(N(c2ncncc2CC)c2ncncc2CC)c2ccc3c(N(c4ncncc4CC)c4ncncc4CC)cc(N(c4ncncc4CC)c4ncncc4CC)c4ccc1c2c43. The smallest absolute Gasteiger partial charge is 0.145 e. The maximum atomic E-state index is 5.14. The molecule has 20 heteroatoms. The van der Waals surface area contributed by atoms with E-state index in [9.17, 15) is 0 Å². The van der Waals surface area contributed by atoms with Crippen molar-refractivity contribution in [1.82, 2.24) is 79.7 Å². The van der Waals surface area contributed by atoms with Gasteiger partial charge in [-0.3, -0.25) is 19.6 Å². The molecule has 0 saturated carbocycles. The average Bonchev–Trinajstić information content (AvgIpc) is 1.02. The molecule has 0 aliphatic carbocycles. The maximum absolute atomic E-state index is 5.14. The van der Waals surface area contributed by atoms with E-state index in [4.69, 9.17) is 39.9 Å². The largest absolute Gasteiger partial charge is 0.278 e. The third-order valence-corrected chi connectivity index (χ3v) is 15.6. The molecule has 0 saturated heterocycles. The summed E-state index contributed by atoms with van der Waals surface area (Å²) in [5.74, 6) is 5.43. The molecule has 0 aliphatic rings. The van der Waals surface area contributed by atoms with Crippen LogP contribution in [0.2, 0.25) is 0 Å². The van der Waals surface area contributed by atoms with Crippen LogP contribution in [0.25, 0.3) is 32.3 Å². The topological polar surface area (TPSA) is 219 Å². The fourth-order valence-corrected chi connectivity index (χ4v) is 11.4. The molecule has 0 bridgehead atoms. The summed E-state index contributed by atoms with van der Waals surface area (Å²) in [4.78, 5) is 86.4. The van der Waals surface area contributed by atoms with Crippen LogP contribution in [-0.4, -0.2) is 79.7 Å². The summed E-state index contributed by atoms with van der Waals surface area (Å²) >= 11 is 0. The lowest BCUT2D eigenvalue weighted by Gasteiger charge is -2.34. The normalized spacial score (nSPS) is 11.5. The lowest BCUT2D eigenvalue weighted by atomic mass is 9.89. The summed E-state index contributed by atoms with van der Waals surface area (Å²) < 4.78 is 0. The van der Waals surface area contributed by atoms with Crippen molar-refractivity contribution < 1.29 is 0 Å². The van der Waals surface area contributed by atoms with Gasteiger partial charge in [0.2, 0.25) is 0 Å². The minimum atomic E-state index is 0.640. The highest BCUT2D eigenvalue weighted by Crippen LogP contribution is 2.55. The maximum Gasteiger partial charge on any atom is 0.145 e. The van der Waals surface area contributed by atoms with E-state index in [-0.39, 0.29) is 0 Å². The molecule has 0 amide bonds. The van der Waals surface area contributed by atoms with Gasteiger partial charge < -0.3 is 0 Å². The number of nitrogens with zero attached hydrogens (tertiary/aromatic N) is 20. The van der Waals surface area contributed by atoms with Gasteiger partial charge in [0.25, 0.3) is 0 Å². The molecule has 0 atom stereocenters. The first-order chi connectivity index (χ1) is 41.4. The van der Waals surface area contributed by atoms with E-state index in [1.807, 2.05) is 49.6 Å². The van der Waals surface area contributed by atoms with Crippen molar-refractivity contribution in [3.05, 3.63) is 181 Å². The summed E-state index contributed by atoms with van der Waals surface area (Å²) in [6.45, 7) is 17.0. The van der Waals surface area contributed by atoms with E-state index in [1.54, 1.807) is 50.6 Å². The second kappa shape index (κ2) is 23.7. The molecular formula is C64H62N20. The Labute approximate surface area is 486 Å². The first kappa shape index (κ1) is 54.4. The highest BCUT2D eigenvalue weighted by molar-refractivity contribution is 6.33. The Morgan fingerprint density at radius 2 is 0.393 bits per heavy atom. The Morgan fingerprint density at radius 3 is 0.536 bits per heavy atom. The van der Waals surface area contributed by atoms with Crippen molar-refractivity contribution in [2.45, 2.75) is 107 Å². The second-order valence-corrected chi connectivity index (χ2v) is 20.0. The molecule has 8 heterocycles. The number of rotatable bonds is 20. The van der Waals surface area contributed by atoms with Crippen LogP contribution in [0.4, 0.5) is 69.3 Å². The molecule has 4 aromatic carbocycles. The molecular weight excluding hydrogens is 1050 g/mol. The van der Waals surface area contributed by atoms with E-state index in [0.717, 1.165) is 99.6 Å². The monoisotopic (exact) mass is 1110 g/mol. The van der Waals surface area contributed by atoms with Gasteiger partial charge in [-0.25, -0.2) is 79.7 Å². The zero-order valence-electron chi connectivity index (χ0n) is 48.3. The van der Waals surface area contributed by atoms with Crippen LogP contribution in [0.1, 0.15) is 99.9 Å². The van der Waals surface area contributed by atoms with Gasteiger partial charge in [-0.2, -0.15) is 0 Å². The van der Waals surface area contributed by atoms with Gasteiger partial charge in [0.15, 0.2) is 0 Å². The van der Waals surface area contributed by atoms with Crippen LogP contribution in [-0.2, 0) is 51.4 Å². The molecule has 0 aliphatic heterocycles. The highest BCUT2D eigenvalue weighted by Gasteiger charge is 2.34. The number of aromatic nitrogens is 16. The van der Waals surface area contributed by atoms with Gasteiger partial charge in [0.1, 0.15) is 97.2 Å². The number of hydrogen-bond acceptors (Lipinski definition) is 20. The standard InChI is InChI=1S/C64H62N20/c1-9-39-23-65-31-73-57(39)81(58-40(10-2)24-66-32-74-58)51-21-52(82(59-41(11-3)25-67-33-75-59)60-42(12-4)26-68-34-76-60)48-19-20-50-54(84(63-45(15-7)29-71-37-79-63)64-46(16-8)30-72-38-80-64)22-53(49-18-17-47(51)55(48)56(49)50)83(61-43(13-5)27-69-35-77-61)62-44(14-6)28-70-36-78-62/h17-38H,9-16H2,1-8H3. The third-order valence-electron chi connectivity index (χ3n) is 15.6. The molecule has 84 heavy (non-hydrogen) atoms. The van der Waals surface area contributed by atoms with E-state index in [1.165, 1.54) is 0 Å². The highest BCUT2D eigenvalue weighted by atomic mass is 15.3. The lowest BCUT2D eigenvalue weighted by molar-refractivity contribution is 0.969. The van der Waals surface area contributed by atoms with Crippen LogP contribution in [0, 0.1) is 0 Å². The summed E-state index contributed by atoms with van der Waals surface area (Å²) in [5.41, 5.74) is 10.6. The first-order valence-corrected chi connectivity index (χ1v) is 28.7. The molecule has 8 aromatic heterocycles. The Hall–Kier alpha value is -10.2. The van der Waals surface area contributed by atoms with Gasteiger partial charge in [0.05, 0.1) is 22.7 Å². The van der Waals surface area contributed by atoms with Crippen molar-refractivity contribution in [1.29, 1.82) is 0 Å². The molecule has 0 N–H and O–H groups in total. The molecule has 0 fully saturated rings. The minimum Gasteiger partial charge on any atom is -0.278 e. The van der Waals surface area contributed by atoms with Crippen LogP contribution >= 0.6 is 0 Å². The van der Waals surface area contributed by atoms with Crippen LogP contribution in [0.5, 0.6) is 0 Å². The van der Waals surface area contributed by atoms with Crippen LogP contribution < -0.4 is 19.6 Å². The van der Waals surface area contributed by atoms with Crippen molar-refractivity contribution >= 4 is 102 Å². The Kier molecular flexibility index (Phi) is 15.3. The number of anilines is 12. The molecule has 0 spiro atoms. The van der Waals surface area contributed by atoms with Crippen molar-refractivity contribution in [3.8, 4) is 0 Å². The average molecular weight is 1110 g/mol. The summed E-state index contributed by atoms with van der Waals surface area (Å²) in [5, 5.41) is 5.50.